The summed E-state index contributed by atoms with van der Waals surface area (Å²) in [6, 6.07) is 15.1. The molecule has 0 heterocycles. The second-order valence-electron chi connectivity index (χ2n) is 8.20. The van der Waals surface area contributed by atoms with Gasteiger partial charge in [0.05, 0.1) is 6.54 Å². The molecule has 0 bridgehead atoms. The van der Waals surface area contributed by atoms with Crippen LogP contribution in [0.15, 0.2) is 71.6 Å². The number of hydrogen-bond donors (Lipinski definition) is 1. The molecule has 0 fully saturated rings. The van der Waals surface area contributed by atoms with Gasteiger partial charge in [-0.1, -0.05) is 24.6 Å². The number of nitrogens with zero attached hydrogens (tertiary/aromatic N) is 1. The van der Waals surface area contributed by atoms with E-state index in [-0.39, 0.29) is 34.7 Å². The molecule has 2 amide bonds. The zero-order chi connectivity index (χ0) is 26.5. The van der Waals surface area contributed by atoms with Crippen molar-refractivity contribution in [2.75, 3.05) is 5.32 Å². The second-order valence-corrected chi connectivity index (χ2v) is 10.2. The lowest BCUT2D eigenvalue weighted by Crippen LogP contribution is -2.38. The molecule has 7 nitrogen and oxygen atoms in total. The van der Waals surface area contributed by atoms with E-state index in [1.165, 1.54) is 72.5 Å². The van der Waals surface area contributed by atoms with Gasteiger partial charge in [0.2, 0.25) is 5.91 Å². The molecule has 190 valence electrons. The van der Waals surface area contributed by atoms with E-state index in [1.54, 1.807) is 0 Å². The zero-order valence-corrected chi connectivity index (χ0v) is 21.6. The number of halogens is 2. The van der Waals surface area contributed by atoms with Crippen LogP contribution in [0.25, 0.3) is 0 Å². The van der Waals surface area contributed by atoms with Gasteiger partial charge in [0.15, 0.2) is 0 Å². The van der Waals surface area contributed by atoms with Crippen LogP contribution in [0, 0.1) is 5.82 Å². The second kappa shape index (κ2) is 11.5. The lowest BCUT2D eigenvalue weighted by molar-refractivity contribution is -0.114. The van der Waals surface area contributed by atoms with E-state index in [4.69, 9.17) is 15.8 Å². The summed E-state index contributed by atoms with van der Waals surface area (Å²) < 4.78 is 45.2. The lowest BCUT2D eigenvalue weighted by Gasteiger charge is -2.29. The first-order valence-corrected chi connectivity index (χ1v) is 13.0. The van der Waals surface area contributed by atoms with Crippen molar-refractivity contribution in [3.8, 4) is 5.75 Å². The molecule has 3 rings (SSSR count). The topological polar surface area (TPSA) is 92.8 Å². The molecule has 0 radical (unpaired) electrons. The highest BCUT2D eigenvalue weighted by Crippen LogP contribution is 2.29. The number of hydrogen-bond acceptors (Lipinski definition) is 5. The van der Waals surface area contributed by atoms with E-state index < -0.39 is 21.8 Å². The Hall–Kier alpha value is -3.43. The maximum absolute atomic E-state index is 13.8. The summed E-state index contributed by atoms with van der Waals surface area (Å²) in [4.78, 5) is 25.9. The summed E-state index contributed by atoms with van der Waals surface area (Å²) in [7, 11) is -4.24. The first-order valence-electron chi connectivity index (χ1n) is 11.2. The first-order chi connectivity index (χ1) is 17.0. The minimum absolute atomic E-state index is 0.00526. The van der Waals surface area contributed by atoms with Crippen molar-refractivity contribution >= 4 is 39.2 Å². The summed E-state index contributed by atoms with van der Waals surface area (Å²) in [6.45, 7) is 5.07. The Morgan fingerprint density at radius 1 is 1.08 bits per heavy atom. The fourth-order valence-corrected chi connectivity index (χ4v) is 4.61. The Balaban J connectivity index is 1.92. The van der Waals surface area contributed by atoms with E-state index in [2.05, 4.69) is 5.32 Å². The zero-order valence-electron chi connectivity index (χ0n) is 20.0. The van der Waals surface area contributed by atoms with E-state index in [9.17, 15) is 22.4 Å². The van der Waals surface area contributed by atoms with Gasteiger partial charge in [-0.15, -0.1) is 0 Å². The smallest absolute Gasteiger partial charge is 0.339 e. The largest absolute Gasteiger partial charge is 0.379 e. The number of amides is 2. The van der Waals surface area contributed by atoms with Gasteiger partial charge in [-0.25, -0.2) is 4.39 Å². The van der Waals surface area contributed by atoms with Crippen LogP contribution < -0.4 is 9.50 Å². The molecular weight excluding hydrogens is 507 g/mol. The van der Waals surface area contributed by atoms with Gasteiger partial charge in [-0.05, 0) is 74.0 Å². The average Bonchev–Trinajstić information content (AvgIpc) is 2.83. The van der Waals surface area contributed by atoms with E-state index >= 15 is 0 Å². The normalized spacial score (nSPS) is 12.0. The fraction of sp³-hybridized carbons (Fsp3) is 0.231. The number of benzene rings is 3. The highest BCUT2D eigenvalue weighted by Gasteiger charge is 2.25. The van der Waals surface area contributed by atoms with Crippen molar-refractivity contribution in [3.05, 3.63) is 88.7 Å². The van der Waals surface area contributed by atoms with E-state index in [0.29, 0.717) is 22.7 Å². The van der Waals surface area contributed by atoms with Crippen molar-refractivity contribution in [2.45, 2.75) is 44.7 Å². The monoisotopic (exact) mass is 532 g/mol. The van der Waals surface area contributed by atoms with Crippen molar-refractivity contribution in [1.29, 1.82) is 0 Å². The maximum Gasteiger partial charge on any atom is 0.339 e. The van der Waals surface area contributed by atoms with Gasteiger partial charge in [0, 0.05) is 34.8 Å². The molecule has 3 aromatic carbocycles. The van der Waals surface area contributed by atoms with E-state index in [1.807, 2.05) is 13.8 Å². The number of carbonyl (C=O) groups excluding carboxylic acids is 2. The standard InChI is InChI=1S/C26H26ClFN2O5S/c1-4-17(2)30(26(32)19-6-5-7-22(28)15-19)16-20-14-21(27)8-13-25(20)35-36(33,34)24-11-9-23(10-12-24)29-18(3)31/h5-15,17H,4,16H2,1-3H3,(H,29,31)/t17-/m0/s1. The van der Waals surface area contributed by atoms with Crippen molar-refractivity contribution in [1.82, 2.24) is 4.90 Å². The summed E-state index contributed by atoms with van der Waals surface area (Å²) >= 11 is 6.19. The fourth-order valence-electron chi connectivity index (χ4n) is 3.45. The highest BCUT2D eigenvalue weighted by atomic mass is 35.5. The van der Waals surface area contributed by atoms with Gasteiger partial charge >= 0.3 is 10.1 Å². The minimum atomic E-state index is -4.24. The number of anilines is 1. The quantitative estimate of drug-likeness (QED) is 0.360. The summed E-state index contributed by atoms with van der Waals surface area (Å²) in [6.07, 6.45) is 0.608. The van der Waals surface area contributed by atoms with Gasteiger partial charge in [-0.3, -0.25) is 9.59 Å². The first kappa shape index (κ1) is 27.2. The molecule has 0 unspecified atom stereocenters. The van der Waals surface area contributed by atoms with Crippen LogP contribution in [0.2, 0.25) is 5.02 Å². The number of nitrogens with one attached hydrogen (secondary N) is 1. The summed E-state index contributed by atoms with van der Waals surface area (Å²) in [5.74, 6) is -1.23. The Kier molecular flexibility index (Phi) is 8.70. The van der Waals surface area contributed by atoms with Crippen LogP contribution in [0.5, 0.6) is 5.75 Å². The molecular formula is C26H26ClFN2O5S. The molecule has 10 heteroatoms. The highest BCUT2D eigenvalue weighted by molar-refractivity contribution is 7.87. The van der Waals surface area contributed by atoms with E-state index in [0.717, 1.165) is 6.07 Å². The molecule has 3 aromatic rings. The molecule has 0 aliphatic carbocycles. The van der Waals surface area contributed by atoms with Gasteiger partial charge < -0.3 is 14.4 Å². The van der Waals surface area contributed by atoms with Crippen LogP contribution in [0.3, 0.4) is 0 Å². The third-order valence-electron chi connectivity index (χ3n) is 5.48. The number of rotatable bonds is 9. The molecule has 0 saturated carbocycles. The SMILES string of the molecule is CC[C@H](C)N(Cc1cc(Cl)ccc1OS(=O)(=O)c1ccc(NC(C)=O)cc1)C(=O)c1cccc(F)c1. The van der Waals surface area contributed by atoms with Crippen LogP contribution in [-0.4, -0.2) is 31.2 Å². The van der Waals surface area contributed by atoms with Crippen LogP contribution in [0.1, 0.15) is 43.1 Å². The molecule has 0 aromatic heterocycles. The average molecular weight is 533 g/mol. The number of carbonyl (C=O) groups is 2. The van der Waals surface area contributed by atoms with Gasteiger partial charge in [0.25, 0.3) is 5.91 Å². The van der Waals surface area contributed by atoms with Crippen LogP contribution in [-0.2, 0) is 21.5 Å². The molecule has 0 saturated heterocycles. The molecule has 0 aliphatic rings. The van der Waals surface area contributed by atoms with Crippen molar-refractivity contribution in [2.24, 2.45) is 0 Å². The van der Waals surface area contributed by atoms with Crippen molar-refractivity contribution < 1.29 is 26.6 Å². The molecule has 0 aliphatic heterocycles. The van der Waals surface area contributed by atoms with Crippen LogP contribution >= 0.6 is 11.6 Å². The van der Waals surface area contributed by atoms with Gasteiger partial charge in [0.1, 0.15) is 16.5 Å². The van der Waals surface area contributed by atoms with Crippen molar-refractivity contribution in [3.63, 3.8) is 0 Å². The molecule has 1 N–H and O–H groups in total. The predicted octanol–water partition coefficient (Wildman–Crippen LogP) is 5.65. The Labute approximate surface area is 215 Å². The minimum Gasteiger partial charge on any atom is -0.379 e. The molecule has 1 atom stereocenters. The Morgan fingerprint density at radius 3 is 2.39 bits per heavy atom. The summed E-state index contributed by atoms with van der Waals surface area (Å²) in [5.41, 5.74) is 0.978. The van der Waals surface area contributed by atoms with Gasteiger partial charge in [-0.2, -0.15) is 8.42 Å². The third-order valence-corrected chi connectivity index (χ3v) is 6.96. The van der Waals surface area contributed by atoms with Crippen LogP contribution in [0.4, 0.5) is 10.1 Å². The Bertz CT molecular complexity index is 1360. The third kappa shape index (κ3) is 6.83. The lowest BCUT2D eigenvalue weighted by atomic mass is 10.1. The molecule has 0 spiro atoms. The predicted molar refractivity (Wildman–Crippen MR) is 136 cm³/mol. The summed E-state index contributed by atoms with van der Waals surface area (Å²) in [5, 5.41) is 2.89. The maximum atomic E-state index is 13.8. The molecule has 36 heavy (non-hydrogen) atoms. The Morgan fingerprint density at radius 2 is 1.78 bits per heavy atom.